The maximum Gasteiger partial charge on any atom is 0.411 e. The number of hydrogen-bond donors (Lipinski definition) is 2. The number of carbonyl (C=O) groups is 2. The summed E-state index contributed by atoms with van der Waals surface area (Å²) in [7, 11) is 3.06. The van der Waals surface area contributed by atoms with Crippen molar-refractivity contribution in [1.29, 1.82) is 0 Å². The van der Waals surface area contributed by atoms with Gasteiger partial charge in [-0.2, -0.15) is 0 Å². The van der Waals surface area contributed by atoms with Crippen LogP contribution in [0.15, 0.2) is 12.3 Å². The second-order valence-corrected chi connectivity index (χ2v) is 4.00. The maximum atomic E-state index is 11.5. The highest BCUT2D eigenvalue weighted by atomic mass is 16.5. The summed E-state index contributed by atoms with van der Waals surface area (Å²) in [5, 5.41) is 5.59. The molecule has 1 unspecified atom stereocenters. The number of amides is 1. The average Bonchev–Trinajstić information content (AvgIpc) is 2.45. The SMILES string of the molecule is CCOC(=O)Nc1cc(C(=O)OC)cnc1C(C)NC. The Bertz CT molecular complexity index is 491. The molecular weight excluding hydrogens is 262 g/mol. The summed E-state index contributed by atoms with van der Waals surface area (Å²) in [6.07, 6.45) is 0.812. The van der Waals surface area contributed by atoms with Crippen LogP contribution in [0.3, 0.4) is 0 Å². The lowest BCUT2D eigenvalue weighted by molar-refractivity contribution is 0.0600. The van der Waals surface area contributed by atoms with Gasteiger partial charge in [-0.05, 0) is 27.0 Å². The van der Waals surface area contributed by atoms with Gasteiger partial charge < -0.3 is 14.8 Å². The van der Waals surface area contributed by atoms with Crippen molar-refractivity contribution in [3.05, 3.63) is 23.5 Å². The lowest BCUT2D eigenvalue weighted by atomic mass is 10.1. The van der Waals surface area contributed by atoms with Gasteiger partial charge in [0.15, 0.2) is 0 Å². The summed E-state index contributed by atoms with van der Waals surface area (Å²) in [5.41, 5.74) is 1.27. The molecule has 0 aliphatic carbocycles. The number of nitrogens with zero attached hydrogens (tertiary/aromatic N) is 1. The van der Waals surface area contributed by atoms with E-state index in [-0.39, 0.29) is 18.2 Å². The van der Waals surface area contributed by atoms with Gasteiger partial charge in [0.05, 0.1) is 30.7 Å². The Morgan fingerprint density at radius 2 is 2.15 bits per heavy atom. The van der Waals surface area contributed by atoms with Crippen molar-refractivity contribution in [2.75, 3.05) is 26.1 Å². The topological polar surface area (TPSA) is 89.5 Å². The number of esters is 1. The molecule has 2 N–H and O–H groups in total. The van der Waals surface area contributed by atoms with E-state index in [9.17, 15) is 9.59 Å². The molecule has 1 atom stereocenters. The summed E-state index contributed by atoms with van der Waals surface area (Å²) < 4.78 is 9.46. The van der Waals surface area contributed by atoms with Crippen molar-refractivity contribution in [2.24, 2.45) is 0 Å². The Hall–Kier alpha value is -2.15. The number of anilines is 1. The van der Waals surface area contributed by atoms with Crippen LogP contribution in [0.25, 0.3) is 0 Å². The quantitative estimate of drug-likeness (QED) is 0.799. The molecule has 0 radical (unpaired) electrons. The fourth-order valence-corrected chi connectivity index (χ4v) is 1.56. The molecule has 1 aromatic heterocycles. The van der Waals surface area contributed by atoms with Crippen LogP contribution >= 0.6 is 0 Å². The van der Waals surface area contributed by atoms with E-state index in [0.717, 1.165) is 0 Å². The van der Waals surface area contributed by atoms with Gasteiger partial charge in [-0.25, -0.2) is 9.59 Å². The minimum absolute atomic E-state index is 0.0985. The molecule has 0 fully saturated rings. The van der Waals surface area contributed by atoms with Crippen molar-refractivity contribution in [2.45, 2.75) is 19.9 Å². The number of rotatable bonds is 5. The smallest absolute Gasteiger partial charge is 0.411 e. The molecule has 0 aromatic carbocycles. The first-order valence-electron chi connectivity index (χ1n) is 6.22. The number of aromatic nitrogens is 1. The molecule has 1 heterocycles. The molecule has 0 aliphatic heterocycles. The largest absolute Gasteiger partial charge is 0.465 e. The Morgan fingerprint density at radius 1 is 1.45 bits per heavy atom. The molecule has 20 heavy (non-hydrogen) atoms. The van der Waals surface area contributed by atoms with Gasteiger partial charge in [0.1, 0.15) is 0 Å². The first kappa shape index (κ1) is 15.9. The average molecular weight is 281 g/mol. The van der Waals surface area contributed by atoms with E-state index in [1.807, 2.05) is 6.92 Å². The monoisotopic (exact) mass is 281 g/mol. The van der Waals surface area contributed by atoms with Crippen molar-refractivity contribution < 1.29 is 19.1 Å². The zero-order valence-corrected chi connectivity index (χ0v) is 12.0. The van der Waals surface area contributed by atoms with Crippen LogP contribution in [0.5, 0.6) is 0 Å². The second-order valence-electron chi connectivity index (χ2n) is 4.00. The number of methoxy groups -OCH3 is 1. The molecule has 1 amide bonds. The van der Waals surface area contributed by atoms with E-state index < -0.39 is 12.1 Å². The Kier molecular flexibility index (Phi) is 5.92. The van der Waals surface area contributed by atoms with Gasteiger partial charge >= 0.3 is 12.1 Å². The Morgan fingerprint density at radius 3 is 2.70 bits per heavy atom. The second kappa shape index (κ2) is 7.44. The molecule has 0 saturated heterocycles. The van der Waals surface area contributed by atoms with Gasteiger partial charge in [0.2, 0.25) is 0 Å². The van der Waals surface area contributed by atoms with Crippen LogP contribution in [0.4, 0.5) is 10.5 Å². The van der Waals surface area contributed by atoms with Crippen molar-refractivity contribution in [1.82, 2.24) is 10.3 Å². The molecule has 110 valence electrons. The van der Waals surface area contributed by atoms with Crippen LogP contribution in [-0.2, 0) is 9.47 Å². The zero-order chi connectivity index (χ0) is 15.1. The fourth-order valence-electron chi connectivity index (χ4n) is 1.56. The highest BCUT2D eigenvalue weighted by molar-refractivity contribution is 5.92. The third-order valence-corrected chi connectivity index (χ3v) is 2.69. The molecule has 7 nitrogen and oxygen atoms in total. The lowest BCUT2D eigenvalue weighted by Crippen LogP contribution is -2.20. The fraction of sp³-hybridized carbons (Fsp3) is 0.462. The summed E-state index contributed by atoms with van der Waals surface area (Å²) in [6.45, 7) is 3.85. The van der Waals surface area contributed by atoms with E-state index in [1.165, 1.54) is 19.4 Å². The van der Waals surface area contributed by atoms with Crippen LogP contribution in [0.2, 0.25) is 0 Å². The van der Waals surface area contributed by atoms with E-state index in [2.05, 4.69) is 20.4 Å². The van der Waals surface area contributed by atoms with Gasteiger partial charge in [-0.1, -0.05) is 0 Å². The Labute approximate surface area is 117 Å². The highest BCUT2D eigenvalue weighted by Gasteiger charge is 2.17. The number of nitrogens with one attached hydrogen (secondary N) is 2. The Balaban J connectivity index is 3.12. The van der Waals surface area contributed by atoms with Crippen molar-refractivity contribution in [3.63, 3.8) is 0 Å². The minimum Gasteiger partial charge on any atom is -0.465 e. The summed E-state index contributed by atoms with van der Waals surface area (Å²) in [5.74, 6) is -0.520. The molecule has 1 rings (SSSR count). The van der Waals surface area contributed by atoms with Crippen molar-refractivity contribution in [3.8, 4) is 0 Å². The van der Waals surface area contributed by atoms with Gasteiger partial charge in [-0.15, -0.1) is 0 Å². The minimum atomic E-state index is -0.596. The van der Waals surface area contributed by atoms with Crippen LogP contribution in [0.1, 0.15) is 35.9 Å². The molecule has 0 saturated carbocycles. The normalized spacial score (nSPS) is 11.6. The molecule has 0 aliphatic rings. The molecular formula is C13H19N3O4. The standard InChI is InChI=1S/C13H19N3O4/c1-5-20-13(18)16-10-6-9(12(17)19-4)7-15-11(10)8(2)14-3/h6-8,14H,5H2,1-4H3,(H,16,18). The third-order valence-electron chi connectivity index (χ3n) is 2.69. The van der Waals surface area contributed by atoms with Crippen molar-refractivity contribution >= 4 is 17.7 Å². The predicted octanol–water partition coefficient (Wildman–Crippen LogP) is 1.72. The van der Waals surface area contributed by atoms with E-state index in [1.54, 1.807) is 14.0 Å². The number of ether oxygens (including phenoxy) is 2. The first-order valence-corrected chi connectivity index (χ1v) is 6.22. The summed E-state index contributed by atoms with van der Waals surface area (Å²) in [4.78, 5) is 27.2. The zero-order valence-electron chi connectivity index (χ0n) is 12.0. The maximum absolute atomic E-state index is 11.5. The van der Waals surface area contributed by atoms with E-state index in [4.69, 9.17) is 4.74 Å². The molecule has 7 heteroatoms. The van der Waals surface area contributed by atoms with Gasteiger partial charge in [0, 0.05) is 12.2 Å². The van der Waals surface area contributed by atoms with E-state index in [0.29, 0.717) is 11.4 Å². The van der Waals surface area contributed by atoms with Crippen LogP contribution in [0, 0.1) is 0 Å². The molecule has 0 spiro atoms. The molecule has 1 aromatic rings. The summed E-state index contributed by atoms with van der Waals surface area (Å²) in [6, 6.07) is 1.41. The summed E-state index contributed by atoms with van der Waals surface area (Å²) >= 11 is 0. The van der Waals surface area contributed by atoms with Crippen LogP contribution in [-0.4, -0.2) is 37.8 Å². The molecule has 0 bridgehead atoms. The highest BCUT2D eigenvalue weighted by Crippen LogP contribution is 2.22. The predicted molar refractivity (Wildman–Crippen MR) is 73.7 cm³/mol. The van der Waals surface area contributed by atoms with E-state index >= 15 is 0 Å². The third kappa shape index (κ3) is 3.92. The van der Waals surface area contributed by atoms with Crippen LogP contribution < -0.4 is 10.6 Å². The number of pyridine rings is 1. The first-order chi connectivity index (χ1) is 9.53. The van der Waals surface area contributed by atoms with Gasteiger partial charge in [-0.3, -0.25) is 10.3 Å². The van der Waals surface area contributed by atoms with Gasteiger partial charge in [0.25, 0.3) is 0 Å². The number of carbonyl (C=O) groups excluding carboxylic acids is 2. The lowest BCUT2D eigenvalue weighted by Gasteiger charge is -2.16. The number of hydrogen-bond acceptors (Lipinski definition) is 6.